The van der Waals surface area contributed by atoms with E-state index in [-0.39, 0.29) is 24.7 Å². The zero-order chi connectivity index (χ0) is 17.6. The normalized spacial score (nSPS) is 19.4. The van der Waals surface area contributed by atoms with Crippen LogP contribution in [0, 0.1) is 19.3 Å². The lowest BCUT2D eigenvalue weighted by Gasteiger charge is -2.13. The average molecular weight is 341 g/mol. The van der Waals surface area contributed by atoms with E-state index < -0.39 is 0 Å². The van der Waals surface area contributed by atoms with E-state index in [4.69, 9.17) is 15.7 Å². The van der Waals surface area contributed by atoms with Crippen LogP contribution in [0.4, 0.5) is 5.82 Å². The molecule has 1 fully saturated rings. The molecule has 0 unspecified atom stereocenters. The zero-order valence-electron chi connectivity index (χ0n) is 13.9. The Morgan fingerprint density at radius 3 is 3.00 bits per heavy atom. The number of aromatic nitrogens is 3. The van der Waals surface area contributed by atoms with Crippen molar-refractivity contribution >= 4 is 11.7 Å². The predicted octanol–water partition coefficient (Wildman–Crippen LogP) is 1.47. The van der Waals surface area contributed by atoms with Crippen molar-refractivity contribution < 1.29 is 14.1 Å². The van der Waals surface area contributed by atoms with Gasteiger partial charge < -0.3 is 19.9 Å². The molecule has 0 radical (unpaired) electrons. The highest BCUT2D eigenvalue weighted by Crippen LogP contribution is 2.31. The standard InChI is InChI=1S/C17H19N5O3/c1-3-8-18-16(23)12-4-7-15(19-9-12)20-10-13-5-6-14(24-13)17-21-11(2)22-25-17/h1,4,7,9,13-14H,5-6,8,10H2,2H3,(H,18,23)(H,19,20)/t13-,14+/m1/s1. The van der Waals surface area contributed by atoms with Crippen LogP contribution >= 0.6 is 0 Å². The highest BCUT2D eigenvalue weighted by Gasteiger charge is 2.30. The Morgan fingerprint density at radius 2 is 2.32 bits per heavy atom. The van der Waals surface area contributed by atoms with Gasteiger partial charge in [0.2, 0.25) is 0 Å². The number of pyridine rings is 1. The number of hydrogen-bond acceptors (Lipinski definition) is 7. The smallest absolute Gasteiger partial charge is 0.255 e. The number of hydrogen-bond donors (Lipinski definition) is 2. The molecule has 8 nitrogen and oxygen atoms in total. The van der Waals surface area contributed by atoms with E-state index in [9.17, 15) is 4.79 Å². The van der Waals surface area contributed by atoms with Gasteiger partial charge in [0.1, 0.15) is 11.9 Å². The Bertz CT molecular complexity index is 765. The van der Waals surface area contributed by atoms with Gasteiger partial charge in [-0.15, -0.1) is 6.42 Å². The molecule has 1 aliphatic rings. The lowest BCUT2D eigenvalue weighted by atomic mass is 10.2. The number of ether oxygens (including phenoxy) is 1. The maximum absolute atomic E-state index is 11.7. The van der Waals surface area contributed by atoms with Crippen molar-refractivity contribution in [3.05, 3.63) is 35.6 Å². The second kappa shape index (κ2) is 7.77. The fourth-order valence-corrected chi connectivity index (χ4v) is 2.57. The van der Waals surface area contributed by atoms with E-state index >= 15 is 0 Å². The molecule has 3 heterocycles. The molecule has 0 saturated carbocycles. The molecule has 2 atom stereocenters. The summed E-state index contributed by atoms with van der Waals surface area (Å²) in [6, 6.07) is 3.44. The quantitative estimate of drug-likeness (QED) is 0.767. The summed E-state index contributed by atoms with van der Waals surface area (Å²) in [7, 11) is 0. The number of nitrogens with zero attached hydrogens (tertiary/aromatic N) is 3. The van der Waals surface area contributed by atoms with Gasteiger partial charge in [-0.2, -0.15) is 4.98 Å². The minimum absolute atomic E-state index is 0.0395. The summed E-state index contributed by atoms with van der Waals surface area (Å²) >= 11 is 0. The van der Waals surface area contributed by atoms with Crippen molar-refractivity contribution in [3.8, 4) is 12.3 Å². The molecule has 25 heavy (non-hydrogen) atoms. The molecule has 130 valence electrons. The minimum atomic E-state index is -0.242. The number of carbonyl (C=O) groups excluding carboxylic acids is 1. The van der Waals surface area contributed by atoms with Crippen LogP contribution < -0.4 is 10.6 Å². The molecule has 0 aromatic carbocycles. The van der Waals surface area contributed by atoms with Crippen LogP contribution in [0.15, 0.2) is 22.9 Å². The number of aryl methyl sites for hydroxylation is 1. The van der Waals surface area contributed by atoms with Gasteiger partial charge in [0.05, 0.1) is 18.2 Å². The van der Waals surface area contributed by atoms with Crippen molar-refractivity contribution in [2.24, 2.45) is 0 Å². The Balaban J connectivity index is 1.47. The summed E-state index contributed by atoms with van der Waals surface area (Å²) in [6.07, 6.45) is 8.25. The number of carbonyl (C=O) groups is 1. The third-order valence-corrected chi connectivity index (χ3v) is 3.81. The van der Waals surface area contributed by atoms with Crippen molar-refractivity contribution in [2.45, 2.75) is 32.0 Å². The summed E-state index contributed by atoms with van der Waals surface area (Å²) < 4.78 is 11.1. The first-order chi connectivity index (χ1) is 12.2. The molecule has 1 saturated heterocycles. The molecular formula is C17H19N5O3. The van der Waals surface area contributed by atoms with Crippen LogP contribution in [0.1, 0.15) is 41.0 Å². The van der Waals surface area contributed by atoms with E-state index in [0.29, 0.717) is 29.6 Å². The van der Waals surface area contributed by atoms with Crippen molar-refractivity contribution in [3.63, 3.8) is 0 Å². The zero-order valence-corrected chi connectivity index (χ0v) is 13.9. The molecule has 8 heteroatoms. The summed E-state index contributed by atoms with van der Waals surface area (Å²) in [5, 5.41) is 9.58. The first-order valence-corrected chi connectivity index (χ1v) is 8.03. The van der Waals surface area contributed by atoms with Gasteiger partial charge in [0, 0.05) is 12.7 Å². The molecule has 2 aromatic heterocycles. The van der Waals surface area contributed by atoms with Gasteiger partial charge in [-0.05, 0) is 31.9 Å². The van der Waals surface area contributed by atoms with E-state index in [2.05, 4.69) is 31.7 Å². The van der Waals surface area contributed by atoms with Crippen molar-refractivity contribution in [1.29, 1.82) is 0 Å². The van der Waals surface area contributed by atoms with Crippen molar-refractivity contribution in [2.75, 3.05) is 18.4 Å². The maximum Gasteiger partial charge on any atom is 0.255 e. The third kappa shape index (κ3) is 4.33. The molecule has 1 aliphatic heterocycles. The van der Waals surface area contributed by atoms with Gasteiger partial charge in [-0.1, -0.05) is 11.1 Å². The van der Waals surface area contributed by atoms with Crippen LogP contribution in [-0.4, -0.2) is 40.2 Å². The second-order valence-corrected chi connectivity index (χ2v) is 5.70. The van der Waals surface area contributed by atoms with Crippen LogP contribution in [0.25, 0.3) is 0 Å². The van der Waals surface area contributed by atoms with Gasteiger partial charge in [0.15, 0.2) is 5.82 Å². The van der Waals surface area contributed by atoms with E-state index in [1.54, 1.807) is 19.1 Å². The molecule has 3 rings (SSSR count). The molecular weight excluding hydrogens is 322 g/mol. The number of anilines is 1. The molecule has 0 spiro atoms. The first-order valence-electron chi connectivity index (χ1n) is 8.03. The topological polar surface area (TPSA) is 102 Å². The molecule has 0 bridgehead atoms. The molecule has 0 aliphatic carbocycles. The van der Waals surface area contributed by atoms with E-state index in [1.165, 1.54) is 6.20 Å². The second-order valence-electron chi connectivity index (χ2n) is 5.70. The minimum Gasteiger partial charge on any atom is -0.367 e. The highest BCUT2D eigenvalue weighted by molar-refractivity contribution is 5.94. The molecule has 2 aromatic rings. The van der Waals surface area contributed by atoms with Crippen LogP contribution in [0.2, 0.25) is 0 Å². The van der Waals surface area contributed by atoms with Gasteiger partial charge in [-0.3, -0.25) is 4.79 Å². The lowest BCUT2D eigenvalue weighted by molar-refractivity contribution is 0.0326. The Labute approximate surface area is 145 Å². The number of rotatable bonds is 6. The van der Waals surface area contributed by atoms with Gasteiger partial charge in [-0.25, -0.2) is 4.98 Å². The molecule has 1 amide bonds. The predicted molar refractivity (Wildman–Crippen MR) is 89.8 cm³/mol. The average Bonchev–Trinajstić information content (AvgIpc) is 3.27. The van der Waals surface area contributed by atoms with Gasteiger partial charge in [0.25, 0.3) is 11.8 Å². The molecule has 2 N–H and O–H groups in total. The van der Waals surface area contributed by atoms with Crippen LogP contribution in [-0.2, 0) is 4.74 Å². The van der Waals surface area contributed by atoms with Crippen LogP contribution in [0.5, 0.6) is 0 Å². The number of amides is 1. The lowest BCUT2D eigenvalue weighted by Crippen LogP contribution is -2.24. The summed E-state index contributed by atoms with van der Waals surface area (Å²) in [5.41, 5.74) is 0.463. The summed E-state index contributed by atoms with van der Waals surface area (Å²) in [4.78, 5) is 20.2. The Morgan fingerprint density at radius 1 is 1.44 bits per heavy atom. The number of nitrogens with one attached hydrogen (secondary N) is 2. The SMILES string of the molecule is C#CCNC(=O)c1ccc(NC[C@H]2CC[C@@H](c3nc(C)no3)O2)nc1. The summed E-state index contributed by atoms with van der Waals surface area (Å²) in [5.74, 6) is 3.92. The van der Waals surface area contributed by atoms with Crippen LogP contribution in [0.3, 0.4) is 0 Å². The number of terminal acetylenes is 1. The monoisotopic (exact) mass is 341 g/mol. The fourth-order valence-electron chi connectivity index (χ4n) is 2.57. The Hall–Kier alpha value is -2.92. The van der Waals surface area contributed by atoms with E-state index in [1.807, 2.05) is 0 Å². The fraction of sp³-hybridized carbons (Fsp3) is 0.412. The maximum atomic E-state index is 11.7. The third-order valence-electron chi connectivity index (χ3n) is 3.81. The van der Waals surface area contributed by atoms with E-state index in [0.717, 1.165) is 12.8 Å². The first kappa shape index (κ1) is 16.9. The highest BCUT2D eigenvalue weighted by atomic mass is 16.5. The van der Waals surface area contributed by atoms with Crippen molar-refractivity contribution in [1.82, 2.24) is 20.4 Å². The Kier molecular flexibility index (Phi) is 5.26. The van der Waals surface area contributed by atoms with Gasteiger partial charge >= 0.3 is 0 Å². The summed E-state index contributed by atoms with van der Waals surface area (Å²) in [6.45, 7) is 2.58. The largest absolute Gasteiger partial charge is 0.367 e.